The first-order chi connectivity index (χ1) is 15.5. The molecule has 5 rings (SSSR count). The molecule has 0 fully saturated rings. The van der Waals surface area contributed by atoms with Crippen LogP contribution in [-0.4, -0.2) is 36.7 Å². The zero-order valence-electron chi connectivity index (χ0n) is 17.4. The minimum atomic E-state index is -0.226. The quantitative estimate of drug-likeness (QED) is 0.292. The van der Waals surface area contributed by atoms with Crippen molar-refractivity contribution < 1.29 is 9.59 Å². The van der Waals surface area contributed by atoms with E-state index < -0.39 is 0 Å². The number of thioether (sulfide) groups is 1. The number of rotatable bonds is 6. The summed E-state index contributed by atoms with van der Waals surface area (Å²) >= 11 is 2.94. The fourth-order valence-electron chi connectivity index (χ4n) is 3.63. The van der Waals surface area contributed by atoms with Crippen LogP contribution in [0.3, 0.4) is 0 Å². The fourth-order valence-corrected chi connectivity index (χ4v) is 5.48. The Labute approximate surface area is 192 Å². The molecule has 0 aliphatic rings. The zero-order valence-corrected chi connectivity index (χ0v) is 19.0. The fraction of sp³-hybridized carbons (Fsp3) is 0.130. The van der Waals surface area contributed by atoms with Gasteiger partial charge in [0.2, 0.25) is 4.96 Å². The Bertz CT molecular complexity index is 1470. The average molecular weight is 462 g/mol. The maximum absolute atomic E-state index is 13.0. The lowest BCUT2D eigenvalue weighted by molar-refractivity contribution is 0.0999. The minimum Gasteiger partial charge on any atom is -0.293 e. The molecule has 3 heterocycles. The van der Waals surface area contributed by atoms with E-state index in [1.54, 1.807) is 28.1 Å². The minimum absolute atomic E-state index is 0.0282. The average Bonchev–Trinajstić information content (AvgIpc) is 3.46. The molecular formula is C23H19N5O2S2. The van der Waals surface area contributed by atoms with E-state index in [1.165, 1.54) is 11.8 Å². The first-order valence-corrected chi connectivity index (χ1v) is 11.8. The van der Waals surface area contributed by atoms with Gasteiger partial charge in [-0.25, -0.2) is 0 Å². The number of nitrogens with zero attached hydrogens (tertiary/aromatic N) is 4. The van der Waals surface area contributed by atoms with Crippen LogP contribution in [0.5, 0.6) is 0 Å². The predicted molar refractivity (Wildman–Crippen MR) is 127 cm³/mol. The van der Waals surface area contributed by atoms with Gasteiger partial charge in [0.05, 0.1) is 16.0 Å². The molecule has 0 spiro atoms. The Morgan fingerprint density at radius 1 is 1.03 bits per heavy atom. The second kappa shape index (κ2) is 8.25. The monoisotopic (exact) mass is 461 g/mol. The number of amides is 1. The number of hydrogen-bond donors (Lipinski definition) is 1. The van der Waals surface area contributed by atoms with Crippen LogP contribution in [0.4, 0.5) is 0 Å². The summed E-state index contributed by atoms with van der Waals surface area (Å²) in [6, 6.07) is 18.8. The number of nitrogens with one attached hydrogen (secondary N) is 1. The van der Waals surface area contributed by atoms with E-state index in [0.29, 0.717) is 22.0 Å². The molecule has 0 radical (unpaired) electrons. The van der Waals surface area contributed by atoms with E-state index in [2.05, 4.69) is 15.6 Å². The molecule has 0 aliphatic heterocycles. The second-order valence-corrected chi connectivity index (χ2v) is 9.26. The molecule has 0 bridgehead atoms. The highest BCUT2D eigenvalue weighted by Crippen LogP contribution is 2.30. The number of aryl methyl sites for hydroxylation is 1. The molecule has 2 aromatic carbocycles. The van der Waals surface area contributed by atoms with Crippen LogP contribution in [0.2, 0.25) is 0 Å². The number of carbonyl (C=O) groups is 2. The molecule has 0 aliphatic carbocycles. The Kier molecular flexibility index (Phi) is 5.28. The predicted octanol–water partition coefficient (Wildman–Crippen LogP) is 4.72. The smallest absolute Gasteiger partial charge is 0.270 e. The molecule has 0 atom stereocenters. The number of thiazole rings is 1. The molecule has 160 valence electrons. The lowest BCUT2D eigenvalue weighted by Gasteiger charge is -2.11. The number of carbonyl (C=O) groups excluding carboxylic acids is 2. The molecular weight excluding hydrogens is 442 g/mol. The molecule has 0 unspecified atom stereocenters. The number of para-hydroxylation sites is 1. The Morgan fingerprint density at radius 3 is 2.59 bits per heavy atom. The number of Topliss-reactive ketones (excluding diaryl/α,β-unsaturated/α-hetero) is 1. The van der Waals surface area contributed by atoms with Gasteiger partial charge in [-0.1, -0.05) is 53.4 Å². The van der Waals surface area contributed by atoms with Crippen molar-refractivity contribution in [2.24, 2.45) is 0 Å². The van der Waals surface area contributed by atoms with Crippen LogP contribution in [0, 0.1) is 13.8 Å². The highest BCUT2D eigenvalue weighted by molar-refractivity contribution is 7.99. The summed E-state index contributed by atoms with van der Waals surface area (Å²) in [5, 5.41) is 9.20. The maximum Gasteiger partial charge on any atom is 0.270 e. The molecule has 0 saturated carbocycles. The third-order valence-electron chi connectivity index (χ3n) is 5.22. The SMILES string of the molecule is Cc1cc(C(=O)CSc2nnc3sc4ccccc4n23)c(C)n1NC(=O)c1ccccc1. The first kappa shape index (κ1) is 20.5. The van der Waals surface area contributed by atoms with Gasteiger partial charge in [-0.15, -0.1) is 10.2 Å². The van der Waals surface area contributed by atoms with Crippen LogP contribution in [0.1, 0.15) is 32.1 Å². The summed E-state index contributed by atoms with van der Waals surface area (Å²) in [6.45, 7) is 3.69. The van der Waals surface area contributed by atoms with Gasteiger partial charge in [0.15, 0.2) is 10.9 Å². The molecule has 32 heavy (non-hydrogen) atoms. The van der Waals surface area contributed by atoms with E-state index >= 15 is 0 Å². The van der Waals surface area contributed by atoms with Gasteiger partial charge in [-0.2, -0.15) is 0 Å². The summed E-state index contributed by atoms with van der Waals surface area (Å²) in [5.41, 5.74) is 6.54. The van der Waals surface area contributed by atoms with E-state index in [9.17, 15) is 9.59 Å². The van der Waals surface area contributed by atoms with Crippen molar-refractivity contribution in [1.82, 2.24) is 19.3 Å². The van der Waals surface area contributed by atoms with E-state index in [0.717, 1.165) is 20.9 Å². The van der Waals surface area contributed by atoms with Gasteiger partial charge >= 0.3 is 0 Å². The number of fused-ring (bicyclic) bond motifs is 3. The molecule has 9 heteroatoms. The van der Waals surface area contributed by atoms with Crippen molar-refractivity contribution in [3.05, 3.63) is 83.2 Å². The van der Waals surface area contributed by atoms with Crippen molar-refractivity contribution in [3.63, 3.8) is 0 Å². The van der Waals surface area contributed by atoms with Crippen molar-refractivity contribution in [2.75, 3.05) is 11.2 Å². The topological polar surface area (TPSA) is 81.3 Å². The second-order valence-electron chi connectivity index (χ2n) is 7.31. The van der Waals surface area contributed by atoms with Crippen LogP contribution in [0.15, 0.2) is 65.8 Å². The van der Waals surface area contributed by atoms with Gasteiger partial charge < -0.3 is 0 Å². The third-order valence-corrected chi connectivity index (χ3v) is 7.17. The van der Waals surface area contributed by atoms with Crippen LogP contribution in [-0.2, 0) is 0 Å². The van der Waals surface area contributed by atoms with Crippen LogP contribution >= 0.6 is 23.1 Å². The number of aromatic nitrogens is 4. The molecule has 3 aromatic heterocycles. The van der Waals surface area contributed by atoms with Crippen molar-refractivity contribution in [1.29, 1.82) is 0 Å². The zero-order chi connectivity index (χ0) is 22.2. The van der Waals surface area contributed by atoms with Crippen molar-refractivity contribution >= 4 is 50.0 Å². The van der Waals surface area contributed by atoms with E-state index in [4.69, 9.17) is 0 Å². The van der Waals surface area contributed by atoms with E-state index in [-0.39, 0.29) is 17.4 Å². The Balaban J connectivity index is 1.35. The normalized spacial score (nSPS) is 11.3. The summed E-state index contributed by atoms with van der Waals surface area (Å²) in [5.74, 6) is -0.0300. The first-order valence-electron chi connectivity index (χ1n) is 9.97. The van der Waals surface area contributed by atoms with Gasteiger partial charge in [-0.3, -0.25) is 24.1 Å². The van der Waals surface area contributed by atoms with Crippen LogP contribution in [0.25, 0.3) is 15.2 Å². The maximum atomic E-state index is 13.0. The van der Waals surface area contributed by atoms with E-state index in [1.807, 2.05) is 66.8 Å². The standard InChI is InChI=1S/C23H19N5O2S2/c1-14-12-17(15(2)28(14)26-21(30)16-8-4-3-5-9-16)19(29)13-31-22-24-25-23-27(22)18-10-6-7-11-20(18)32-23/h3-12H,13H2,1-2H3,(H,26,30). The summed E-state index contributed by atoms with van der Waals surface area (Å²) < 4.78 is 4.78. The molecule has 7 nitrogen and oxygen atoms in total. The molecule has 5 aromatic rings. The Hall–Kier alpha value is -3.43. The van der Waals surface area contributed by atoms with Gasteiger partial charge in [-0.05, 0) is 44.2 Å². The van der Waals surface area contributed by atoms with Crippen molar-refractivity contribution in [2.45, 2.75) is 19.0 Å². The number of benzene rings is 2. The Morgan fingerprint density at radius 2 is 1.78 bits per heavy atom. The van der Waals surface area contributed by atoms with Crippen molar-refractivity contribution in [3.8, 4) is 0 Å². The van der Waals surface area contributed by atoms with Gasteiger partial charge in [0.1, 0.15) is 0 Å². The van der Waals surface area contributed by atoms with Gasteiger partial charge in [0.25, 0.3) is 5.91 Å². The van der Waals surface area contributed by atoms with Gasteiger partial charge in [0, 0.05) is 22.5 Å². The molecule has 1 N–H and O–H groups in total. The number of hydrogen-bond acceptors (Lipinski definition) is 6. The summed E-state index contributed by atoms with van der Waals surface area (Å²) in [6.07, 6.45) is 0. The largest absolute Gasteiger partial charge is 0.293 e. The molecule has 1 amide bonds. The highest BCUT2D eigenvalue weighted by atomic mass is 32.2. The third kappa shape index (κ3) is 3.59. The van der Waals surface area contributed by atoms with Crippen LogP contribution < -0.4 is 5.43 Å². The lowest BCUT2D eigenvalue weighted by Crippen LogP contribution is -2.25. The summed E-state index contributed by atoms with van der Waals surface area (Å²) in [4.78, 5) is 26.4. The molecule has 0 saturated heterocycles. The highest BCUT2D eigenvalue weighted by Gasteiger charge is 2.19. The number of ketones is 1. The lowest BCUT2D eigenvalue weighted by atomic mass is 10.2. The summed E-state index contributed by atoms with van der Waals surface area (Å²) in [7, 11) is 0.